The van der Waals surface area contributed by atoms with Gasteiger partial charge in [0.2, 0.25) is 11.8 Å². The lowest BCUT2D eigenvalue weighted by atomic mass is 9.97. The lowest BCUT2D eigenvalue weighted by Crippen LogP contribution is -2.35. The van der Waals surface area contributed by atoms with E-state index < -0.39 is 0 Å². The highest BCUT2D eigenvalue weighted by molar-refractivity contribution is 7.07. The summed E-state index contributed by atoms with van der Waals surface area (Å²) in [6.07, 6.45) is 7.05. The Morgan fingerprint density at radius 3 is 2.96 bits per heavy atom. The summed E-state index contributed by atoms with van der Waals surface area (Å²) in [5.74, 6) is 3.00. The van der Waals surface area contributed by atoms with Gasteiger partial charge in [-0.25, -0.2) is 9.97 Å². The fourth-order valence-electron chi connectivity index (χ4n) is 3.40. The quantitative estimate of drug-likeness (QED) is 0.675. The van der Waals surface area contributed by atoms with Gasteiger partial charge in [-0.1, -0.05) is 6.92 Å². The van der Waals surface area contributed by atoms with E-state index in [1.165, 1.54) is 0 Å². The Hall–Kier alpha value is -2.06. The van der Waals surface area contributed by atoms with Crippen molar-refractivity contribution in [2.45, 2.75) is 45.2 Å². The van der Waals surface area contributed by atoms with Gasteiger partial charge in [0.15, 0.2) is 0 Å². The summed E-state index contributed by atoms with van der Waals surface area (Å²) in [7, 11) is 0. The topological polar surface area (TPSA) is 72.9 Å². The molecule has 0 aromatic carbocycles. The van der Waals surface area contributed by atoms with Gasteiger partial charge in [0, 0.05) is 36.7 Å². The van der Waals surface area contributed by atoms with Gasteiger partial charge in [-0.3, -0.25) is 4.90 Å². The Balaban J connectivity index is 1.43. The highest BCUT2D eigenvalue weighted by Crippen LogP contribution is 2.27. The molecule has 0 saturated carbocycles. The van der Waals surface area contributed by atoms with Crippen LogP contribution in [-0.4, -0.2) is 42.7 Å². The molecule has 132 valence electrons. The Bertz CT molecular complexity index is 796. The standard InChI is InChI=1S/C17H22N6OS/c1-2-15-20-21-16(24-15)10-22-6-3-4-13(8-22)17-18-5-7-23(17)9-14-11-25-12-19-14/h5,7,11-13H,2-4,6,8-10H2,1H3/t13-/m0/s1. The van der Waals surface area contributed by atoms with Crippen LogP contribution in [0.15, 0.2) is 27.7 Å². The van der Waals surface area contributed by atoms with Crippen LogP contribution in [0.2, 0.25) is 0 Å². The van der Waals surface area contributed by atoms with Crippen molar-refractivity contribution in [3.63, 3.8) is 0 Å². The van der Waals surface area contributed by atoms with E-state index in [9.17, 15) is 0 Å². The van der Waals surface area contributed by atoms with Crippen LogP contribution in [0.1, 0.15) is 49.0 Å². The molecule has 0 bridgehead atoms. The number of likely N-dealkylation sites (tertiary alicyclic amines) is 1. The van der Waals surface area contributed by atoms with Crippen LogP contribution >= 0.6 is 11.3 Å². The Kier molecular flexibility index (Phi) is 4.89. The van der Waals surface area contributed by atoms with Gasteiger partial charge in [-0.2, -0.15) is 0 Å². The van der Waals surface area contributed by atoms with Crippen molar-refractivity contribution in [2.75, 3.05) is 13.1 Å². The highest BCUT2D eigenvalue weighted by Gasteiger charge is 2.26. The Labute approximate surface area is 150 Å². The molecule has 25 heavy (non-hydrogen) atoms. The number of imidazole rings is 1. The summed E-state index contributed by atoms with van der Waals surface area (Å²) in [5, 5.41) is 10.3. The van der Waals surface area contributed by atoms with Crippen LogP contribution in [0.3, 0.4) is 0 Å². The second kappa shape index (κ2) is 7.45. The van der Waals surface area contributed by atoms with Gasteiger partial charge < -0.3 is 8.98 Å². The van der Waals surface area contributed by atoms with E-state index in [1.807, 2.05) is 18.6 Å². The van der Waals surface area contributed by atoms with Crippen LogP contribution in [-0.2, 0) is 19.5 Å². The normalized spacial score (nSPS) is 18.7. The number of rotatable bonds is 6. The number of aryl methyl sites for hydroxylation is 1. The monoisotopic (exact) mass is 358 g/mol. The summed E-state index contributed by atoms with van der Waals surface area (Å²) in [5.41, 5.74) is 2.97. The number of hydrogen-bond donors (Lipinski definition) is 0. The molecule has 0 N–H and O–H groups in total. The average molecular weight is 358 g/mol. The molecule has 1 atom stereocenters. The zero-order chi connectivity index (χ0) is 17.1. The minimum atomic E-state index is 0.427. The molecule has 0 unspecified atom stereocenters. The van der Waals surface area contributed by atoms with Crippen molar-refractivity contribution in [1.82, 2.24) is 29.6 Å². The van der Waals surface area contributed by atoms with E-state index in [0.29, 0.717) is 17.7 Å². The zero-order valence-electron chi connectivity index (χ0n) is 14.3. The minimum absolute atomic E-state index is 0.427. The first-order chi connectivity index (χ1) is 12.3. The molecular formula is C17H22N6OS. The maximum absolute atomic E-state index is 5.66. The summed E-state index contributed by atoms with van der Waals surface area (Å²) >= 11 is 1.63. The molecule has 0 aliphatic carbocycles. The molecule has 7 nitrogen and oxygen atoms in total. The Morgan fingerprint density at radius 1 is 1.24 bits per heavy atom. The van der Waals surface area contributed by atoms with Crippen molar-refractivity contribution < 1.29 is 4.42 Å². The average Bonchev–Trinajstić information content (AvgIpc) is 3.37. The van der Waals surface area contributed by atoms with Gasteiger partial charge in [0.25, 0.3) is 0 Å². The number of piperidine rings is 1. The third kappa shape index (κ3) is 3.80. The smallest absolute Gasteiger partial charge is 0.230 e. The fraction of sp³-hybridized carbons (Fsp3) is 0.529. The zero-order valence-corrected chi connectivity index (χ0v) is 15.2. The first-order valence-corrected chi connectivity index (χ1v) is 9.67. The molecule has 1 fully saturated rings. The minimum Gasteiger partial charge on any atom is -0.424 e. The van der Waals surface area contributed by atoms with Crippen molar-refractivity contribution in [1.29, 1.82) is 0 Å². The lowest BCUT2D eigenvalue weighted by Gasteiger charge is -2.31. The second-order valence-corrected chi connectivity index (χ2v) is 7.13. The van der Waals surface area contributed by atoms with E-state index >= 15 is 0 Å². The highest BCUT2D eigenvalue weighted by atomic mass is 32.1. The second-order valence-electron chi connectivity index (χ2n) is 6.41. The van der Waals surface area contributed by atoms with Gasteiger partial charge in [0.05, 0.1) is 24.3 Å². The van der Waals surface area contributed by atoms with Gasteiger partial charge in [-0.05, 0) is 19.4 Å². The van der Waals surface area contributed by atoms with Crippen molar-refractivity contribution in [3.8, 4) is 0 Å². The van der Waals surface area contributed by atoms with Crippen LogP contribution in [0, 0.1) is 0 Å². The van der Waals surface area contributed by atoms with Crippen molar-refractivity contribution in [3.05, 3.63) is 46.6 Å². The van der Waals surface area contributed by atoms with Crippen LogP contribution < -0.4 is 0 Å². The predicted molar refractivity (Wildman–Crippen MR) is 94.4 cm³/mol. The summed E-state index contributed by atoms with van der Waals surface area (Å²) in [4.78, 5) is 11.4. The molecule has 3 aromatic heterocycles. The predicted octanol–water partition coefficient (Wildman–Crippen LogP) is 2.71. The van der Waals surface area contributed by atoms with Gasteiger partial charge >= 0.3 is 0 Å². The van der Waals surface area contributed by atoms with Crippen molar-refractivity contribution >= 4 is 11.3 Å². The van der Waals surface area contributed by atoms with Crippen molar-refractivity contribution in [2.24, 2.45) is 0 Å². The van der Waals surface area contributed by atoms with E-state index in [1.54, 1.807) is 11.3 Å². The Morgan fingerprint density at radius 2 is 2.16 bits per heavy atom. The van der Waals surface area contributed by atoms with Crippen LogP contribution in [0.5, 0.6) is 0 Å². The third-order valence-electron chi connectivity index (χ3n) is 4.60. The molecule has 4 rings (SSSR count). The fourth-order valence-corrected chi connectivity index (χ4v) is 3.95. The maximum Gasteiger partial charge on any atom is 0.230 e. The molecular weight excluding hydrogens is 336 g/mol. The van der Waals surface area contributed by atoms with E-state index in [-0.39, 0.29) is 0 Å². The van der Waals surface area contributed by atoms with E-state index in [0.717, 1.165) is 57.0 Å². The van der Waals surface area contributed by atoms with Gasteiger partial charge in [-0.15, -0.1) is 21.5 Å². The molecule has 8 heteroatoms. The molecule has 3 aromatic rings. The van der Waals surface area contributed by atoms with Gasteiger partial charge in [0.1, 0.15) is 5.82 Å². The number of thiazole rings is 1. The van der Waals surface area contributed by atoms with E-state index in [2.05, 4.69) is 41.2 Å². The molecule has 0 radical (unpaired) electrons. The third-order valence-corrected chi connectivity index (χ3v) is 5.24. The first-order valence-electron chi connectivity index (χ1n) is 8.73. The summed E-state index contributed by atoms with van der Waals surface area (Å²) in [6.45, 7) is 5.57. The number of nitrogens with zero attached hydrogens (tertiary/aromatic N) is 6. The molecule has 0 spiro atoms. The molecule has 0 amide bonds. The number of aromatic nitrogens is 5. The van der Waals surface area contributed by atoms with Crippen LogP contribution in [0.25, 0.3) is 0 Å². The molecule has 1 saturated heterocycles. The SMILES string of the molecule is CCc1nnc(CN2CCC[C@H](c3nccn3Cc3cscn3)C2)o1. The summed E-state index contributed by atoms with van der Waals surface area (Å²) < 4.78 is 7.89. The van der Waals surface area contributed by atoms with E-state index in [4.69, 9.17) is 4.42 Å². The largest absolute Gasteiger partial charge is 0.424 e. The molecule has 1 aliphatic rings. The molecule has 1 aliphatic heterocycles. The summed E-state index contributed by atoms with van der Waals surface area (Å²) in [6, 6.07) is 0. The lowest BCUT2D eigenvalue weighted by molar-refractivity contribution is 0.178. The van der Waals surface area contributed by atoms with Crippen LogP contribution in [0.4, 0.5) is 0 Å². The molecule has 4 heterocycles. The maximum atomic E-state index is 5.66. The first kappa shape index (κ1) is 16.4. The number of hydrogen-bond acceptors (Lipinski definition) is 7.